The molecule has 1 heterocycles. The molecule has 5 heteroatoms. The topological polar surface area (TPSA) is 62.8 Å². The van der Waals surface area contributed by atoms with E-state index in [9.17, 15) is 8.42 Å². The van der Waals surface area contributed by atoms with Gasteiger partial charge < -0.3 is 0 Å². The van der Waals surface area contributed by atoms with Gasteiger partial charge in [-0.25, -0.2) is 8.42 Å². The number of hydrogen-bond acceptors (Lipinski definition) is 3. The van der Waals surface area contributed by atoms with E-state index in [1.807, 2.05) is 0 Å². The maximum atomic E-state index is 12.0. The molecule has 0 radical (unpaired) electrons. The predicted molar refractivity (Wildman–Crippen MR) is 55.2 cm³/mol. The Hall–Kier alpha value is -1.62. The molecule has 1 aromatic heterocycles. The Bertz CT molecular complexity index is 558. The van der Waals surface area contributed by atoms with Gasteiger partial charge in [-0.2, -0.15) is 5.10 Å². The van der Waals surface area contributed by atoms with E-state index in [-0.39, 0.29) is 9.92 Å². The Labute approximate surface area is 87.9 Å². The number of aromatic amines is 1. The molecule has 0 amide bonds. The van der Waals surface area contributed by atoms with Crippen molar-refractivity contribution >= 4 is 9.84 Å². The van der Waals surface area contributed by atoms with Crippen LogP contribution in [0.2, 0.25) is 0 Å². The first-order valence-electron chi connectivity index (χ1n) is 4.43. The molecular formula is C10H10N2O2S. The lowest BCUT2D eigenvalue weighted by molar-refractivity contribution is 0.592. The zero-order chi connectivity index (χ0) is 10.9. The number of aromatic nitrogens is 2. The highest BCUT2D eigenvalue weighted by atomic mass is 32.2. The molecule has 1 aromatic carbocycles. The van der Waals surface area contributed by atoms with Crippen molar-refractivity contribution in [3.05, 3.63) is 42.1 Å². The first kappa shape index (κ1) is 9.92. The van der Waals surface area contributed by atoms with Crippen LogP contribution in [0.5, 0.6) is 0 Å². The average Bonchev–Trinajstić information content (AvgIpc) is 2.67. The summed E-state index contributed by atoms with van der Waals surface area (Å²) in [5.41, 5.74) is 0.726. The Morgan fingerprint density at radius 2 is 1.87 bits per heavy atom. The number of rotatable bonds is 2. The lowest BCUT2D eigenvalue weighted by atomic mass is 10.4. The van der Waals surface area contributed by atoms with Gasteiger partial charge in [0.25, 0.3) is 0 Å². The van der Waals surface area contributed by atoms with E-state index in [1.165, 1.54) is 6.07 Å². The Morgan fingerprint density at radius 1 is 1.20 bits per heavy atom. The maximum absolute atomic E-state index is 12.0. The third-order valence-electron chi connectivity index (χ3n) is 2.01. The summed E-state index contributed by atoms with van der Waals surface area (Å²) in [5.74, 6) is 0. The van der Waals surface area contributed by atoms with Crippen molar-refractivity contribution in [2.45, 2.75) is 16.8 Å². The minimum Gasteiger partial charge on any atom is -0.282 e. The van der Waals surface area contributed by atoms with Gasteiger partial charge in [-0.15, -0.1) is 0 Å². The molecule has 2 rings (SSSR count). The van der Waals surface area contributed by atoms with Crippen molar-refractivity contribution in [1.82, 2.24) is 10.2 Å². The summed E-state index contributed by atoms with van der Waals surface area (Å²) in [6.07, 6.45) is 0. The summed E-state index contributed by atoms with van der Waals surface area (Å²) in [7, 11) is -3.46. The molecule has 15 heavy (non-hydrogen) atoms. The highest BCUT2D eigenvalue weighted by molar-refractivity contribution is 7.91. The number of hydrogen-bond donors (Lipinski definition) is 1. The molecule has 0 saturated carbocycles. The summed E-state index contributed by atoms with van der Waals surface area (Å²) in [4.78, 5) is 0.261. The van der Waals surface area contributed by atoms with Crippen LogP contribution in [0.3, 0.4) is 0 Å². The second kappa shape index (κ2) is 3.51. The molecular weight excluding hydrogens is 212 g/mol. The fourth-order valence-electron chi connectivity index (χ4n) is 1.25. The van der Waals surface area contributed by atoms with Crippen molar-refractivity contribution in [2.75, 3.05) is 0 Å². The van der Waals surface area contributed by atoms with Crippen molar-refractivity contribution in [3.63, 3.8) is 0 Å². The van der Waals surface area contributed by atoms with Gasteiger partial charge in [0.15, 0.2) is 5.03 Å². The summed E-state index contributed by atoms with van der Waals surface area (Å²) >= 11 is 0. The van der Waals surface area contributed by atoms with Crippen LogP contribution in [0.25, 0.3) is 0 Å². The van der Waals surface area contributed by atoms with Crippen LogP contribution in [-0.2, 0) is 9.84 Å². The van der Waals surface area contributed by atoms with E-state index < -0.39 is 9.84 Å². The number of nitrogens with zero attached hydrogens (tertiary/aromatic N) is 1. The highest BCUT2D eigenvalue weighted by Crippen LogP contribution is 2.18. The van der Waals surface area contributed by atoms with Crippen LogP contribution in [0.4, 0.5) is 0 Å². The third kappa shape index (κ3) is 1.78. The fraction of sp³-hybridized carbons (Fsp3) is 0.100. The number of aryl methyl sites for hydroxylation is 1. The van der Waals surface area contributed by atoms with Crippen molar-refractivity contribution in [1.29, 1.82) is 0 Å². The molecule has 0 aliphatic carbocycles. The van der Waals surface area contributed by atoms with Crippen LogP contribution in [0.1, 0.15) is 5.69 Å². The summed E-state index contributed by atoms with van der Waals surface area (Å²) in [5, 5.41) is 6.43. The first-order chi connectivity index (χ1) is 7.10. The number of nitrogens with one attached hydrogen (secondary N) is 1. The largest absolute Gasteiger partial charge is 0.282 e. The summed E-state index contributed by atoms with van der Waals surface area (Å²) in [6, 6.07) is 9.77. The van der Waals surface area contributed by atoms with Crippen LogP contribution >= 0.6 is 0 Å². The van der Waals surface area contributed by atoms with Gasteiger partial charge in [0.2, 0.25) is 9.84 Å². The lowest BCUT2D eigenvalue weighted by Gasteiger charge is -1.98. The van der Waals surface area contributed by atoms with Crippen LogP contribution in [0.15, 0.2) is 46.3 Å². The van der Waals surface area contributed by atoms with Crippen LogP contribution in [-0.4, -0.2) is 18.6 Å². The second-order valence-electron chi connectivity index (χ2n) is 3.21. The van der Waals surface area contributed by atoms with E-state index in [2.05, 4.69) is 10.2 Å². The number of benzene rings is 1. The smallest absolute Gasteiger partial charge is 0.225 e. The molecule has 1 N–H and O–H groups in total. The third-order valence-corrected chi connectivity index (χ3v) is 3.66. The number of sulfone groups is 1. The summed E-state index contributed by atoms with van der Waals surface area (Å²) in [6.45, 7) is 1.76. The van der Waals surface area contributed by atoms with Gasteiger partial charge in [0.1, 0.15) is 0 Å². The van der Waals surface area contributed by atoms with Gasteiger partial charge in [-0.05, 0) is 25.1 Å². The Kier molecular flexibility index (Phi) is 2.32. The molecule has 2 aromatic rings. The average molecular weight is 222 g/mol. The Balaban J connectivity index is 2.54. The fourth-order valence-corrected chi connectivity index (χ4v) is 2.51. The SMILES string of the molecule is Cc1cc(S(=O)(=O)c2ccccc2)n[nH]1. The van der Waals surface area contributed by atoms with E-state index in [1.54, 1.807) is 37.3 Å². The molecule has 0 bridgehead atoms. The first-order valence-corrected chi connectivity index (χ1v) is 5.91. The molecule has 0 unspecified atom stereocenters. The molecule has 0 saturated heterocycles. The monoisotopic (exact) mass is 222 g/mol. The van der Waals surface area contributed by atoms with E-state index >= 15 is 0 Å². The van der Waals surface area contributed by atoms with E-state index in [0.29, 0.717) is 0 Å². The minimum atomic E-state index is -3.46. The van der Waals surface area contributed by atoms with Crippen LogP contribution in [0, 0.1) is 6.92 Å². The summed E-state index contributed by atoms with van der Waals surface area (Å²) < 4.78 is 23.9. The zero-order valence-electron chi connectivity index (χ0n) is 8.14. The van der Waals surface area contributed by atoms with Crippen LogP contribution < -0.4 is 0 Å². The minimum absolute atomic E-state index is 0.0613. The van der Waals surface area contributed by atoms with E-state index in [4.69, 9.17) is 0 Å². The van der Waals surface area contributed by atoms with E-state index in [0.717, 1.165) is 5.69 Å². The number of H-pyrrole nitrogens is 1. The molecule has 0 atom stereocenters. The van der Waals surface area contributed by atoms with Gasteiger partial charge >= 0.3 is 0 Å². The molecule has 0 aliphatic heterocycles. The molecule has 0 fully saturated rings. The quantitative estimate of drug-likeness (QED) is 0.838. The van der Waals surface area contributed by atoms with Gasteiger partial charge in [-0.3, -0.25) is 5.10 Å². The standard InChI is InChI=1S/C10H10N2O2S/c1-8-7-10(12-11-8)15(13,14)9-5-3-2-4-6-9/h2-7H,1H3,(H,11,12). The normalized spacial score (nSPS) is 11.5. The lowest BCUT2D eigenvalue weighted by Crippen LogP contribution is -2.01. The van der Waals surface area contributed by atoms with Gasteiger partial charge in [0, 0.05) is 5.69 Å². The second-order valence-corrected chi connectivity index (χ2v) is 5.10. The maximum Gasteiger partial charge on any atom is 0.225 e. The molecule has 0 aliphatic rings. The molecule has 4 nitrogen and oxygen atoms in total. The van der Waals surface area contributed by atoms with Crippen molar-refractivity contribution in [2.24, 2.45) is 0 Å². The predicted octanol–water partition coefficient (Wildman–Crippen LogP) is 1.55. The highest BCUT2D eigenvalue weighted by Gasteiger charge is 2.19. The van der Waals surface area contributed by atoms with Crippen molar-refractivity contribution < 1.29 is 8.42 Å². The molecule has 78 valence electrons. The van der Waals surface area contributed by atoms with Gasteiger partial charge in [-0.1, -0.05) is 18.2 Å². The Morgan fingerprint density at radius 3 is 2.40 bits per heavy atom. The van der Waals surface area contributed by atoms with Crippen molar-refractivity contribution in [3.8, 4) is 0 Å². The molecule has 0 spiro atoms. The zero-order valence-corrected chi connectivity index (χ0v) is 8.95. The van der Waals surface area contributed by atoms with Gasteiger partial charge in [0.05, 0.1) is 4.90 Å².